The molecule has 0 aromatic carbocycles. The Hall–Kier alpha value is -0.370. The van der Waals surface area contributed by atoms with Crippen molar-refractivity contribution in [1.29, 1.82) is 0 Å². The summed E-state index contributed by atoms with van der Waals surface area (Å²) < 4.78 is 0. The lowest BCUT2D eigenvalue weighted by atomic mass is 10.1. The molecule has 2 nitrogen and oxygen atoms in total. The molecule has 0 amide bonds. The van der Waals surface area contributed by atoms with Crippen molar-refractivity contribution < 1.29 is 4.79 Å². The third-order valence-corrected chi connectivity index (χ3v) is 3.33. The molecule has 12 heavy (non-hydrogen) atoms. The minimum atomic E-state index is 0.296. The van der Waals surface area contributed by atoms with E-state index in [4.69, 9.17) is 0 Å². The zero-order valence-corrected chi connectivity index (χ0v) is 7.92. The second kappa shape index (κ2) is 2.84. The van der Waals surface area contributed by atoms with Gasteiger partial charge < -0.3 is 0 Å². The fraction of sp³-hybridized carbons (Fsp3) is 0.900. The third kappa shape index (κ3) is 1.09. The Morgan fingerprint density at radius 3 is 2.83 bits per heavy atom. The number of piperidine rings is 1. The standard InChI is InChI=1S/C10H17NO/c1-3-9(12)10-8-5-7(8)6-11(10)4-2/h7-8,10H,3-6H2,1-2H3. The first-order chi connectivity index (χ1) is 5.77. The number of fused-ring (bicyclic) bond motifs is 1. The van der Waals surface area contributed by atoms with Crippen molar-refractivity contribution in [3.63, 3.8) is 0 Å². The first-order valence-electron chi connectivity index (χ1n) is 5.04. The van der Waals surface area contributed by atoms with E-state index in [1.54, 1.807) is 0 Å². The van der Waals surface area contributed by atoms with Crippen molar-refractivity contribution in [2.75, 3.05) is 13.1 Å². The Bertz CT molecular complexity index is 202. The number of ketones is 1. The van der Waals surface area contributed by atoms with Gasteiger partial charge in [0.15, 0.2) is 0 Å². The Labute approximate surface area is 73.9 Å². The predicted octanol–water partition coefficient (Wildman–Crippen LogP) is 1.31. The molecule has 1 aliphatic heterocycles. The van der Waals surface area contributed by atoms with Crippen LogP contribution in [-0.4, -0.2) is 29.8 Å². The summed E-state index contributed by atoms with van der Waals surface area (Å²) in [6.07, 6.45) is 2.03. The molecule has 0 aromatic rings. The van der Waals surface area contributed by atoms with Gasteiger partial charge in [-0.1, -0.05) is 13.8 Å². The van der Waals surface area contributed by atoms with Crippen molar-refractivity contribution in [2.45, 2.75) is 32.7 Å². The number of Topliss-reactive ketones (excluding diaryl/α,β-unsaturated/α-hetero) is 1. The SMILES string of the molecule is CCC(=O)C1C2CC2CN1CC. The second-order valence-corrected chi connectivity index (χ2v) is 4.01. The molecule has 1 saturated carbocycles. The molecular formula is C10H17NO. The summed E-state index contributed by atoms with van der Waals surface area (Å²) in [6, 6.07) is 0.296. The van der Waals surface area contributed by atoms with Gasteiger partial charge >= 0.3 is 0 Å². The number of carbonyl (C=O) groups excluding carboxylic acids is 1. The van der Waals surface area contributed by atoms with Crippen molar-refractivity contribution in [3.8, 4) is 0 Å². The lowest BCUT2D eigenvalue weighted by molar-refractivity contribution is -0.123. The number of rotatable bonds is 3. The van der Waals surface area contributed by atoms with E-state index in [0.29, 0.717) is 18.2 Å². The van der Waals surface area contributed by atoms with Crippen LogP contribution in [0.25, 0.3) is 0 Å². The van der Waals surface area contributed by atoms with Crippen molar-refractivity contribution in [3.05, 3.63) is 0 Å². The normalized spacial score (nSPS) is 39.7. The van der Waals surface area contributed by atoms with E-state index >= 15 is 0 Å². The molecule has 3 unspecified atom stereocenters. The summed E-state index contributed by atoms with van der Waals surface area (Å²) in [4.78, 5) is 13.9. The number of hydrogen-bond donors (Lipinski definition) is 0. The van der Waals surface area contributed by atoms with Gasteiger partial charge in [-0.05, 0) is 24.8 Å². The molecule has 2 aliphatic rings. The molecule has 3 atom stereocenters. The van der Waals surface area contributed by atoms with Gasteiger partial charge in [0.05, 0.1) is 6.04 Å². The van der Waals surface area contributed by atoms with Crippen LogP contribution in [0.15, 0.2) is 0 Å². The van der Waals surface area contributed by atoms with Gasteiger partial charge in [-0.25, -0.2) is 0 Å². The molecule has 1 aliphatic carbocycles. The van der Waals surface area contributed by atoms with Crippen LogP contribution in [0.2, 0.25) is 0 Å². The van der Waals surface area contributed by atoms with Gasteiger partial charge in [0.1, 0.15) is 5.78 Å². The summed E-state index contributed by atoms with van der Waals surface area (Å²) in [6.45, 7) is 6.35. The maximum absolute atomic E-state index is 11.6. The highest BCUT2D eigenvalue weighted by molar-refractivity contribution is 5.85. The van der Waals surface area contributed by atoms with E-state index in [1.807, 2.05) is 6.92 Å². The molecule has 0 aromatic heterocycles. The molecule has 1 saturated heterocycles. The Morgan fingerprint density at radius 2 is 2.25 bits per heavy atom. The topological polar surface area (TPSA) is 20.3 Å². The molecule has 2 fully saturated rings. The van der Waals surface area contributed by atoms with E-state index in [-0.39, 0.29) is 0 Å². The van der Waals surface area contributed by atoms with E-state index in [2.05, 4.69) is 11.8 Å². The van der Waals surface area contributed by atoms with Crippen LogP contribution in [0.1, 0.15) is 26.7 Å². The smallest absolute Gasteiger partial charge is 0.149 e. The fourth-order valence-corrected chi connectivity index (χ4v) is 2.53. The number of likely N-dealkylation sites (N-methyl/N-ethyl adjacent to an activating group) is 1. The minimum Gasteiger partial charge on any atom is -0.298 e. The Kier molecular flexibility index (Phi) is 1.95. The predicted molar refractivity (Wildman–Crippen MR) is 47.9 cm³/mol. The maximum Gasteiger partial charge on any atom is 0.149 e. The van der Waals surface area contributed by atoms with Gasteiger partial charge in [0.25, 0.3) is 0 Å². The maximum atomic E-state index is 11.6. The highest BCUT2D eigenvalue weighted by atomic mass is 16.1. The summed E-state index contributed by atoms with van der Waals surface area (Å²) in [5, 5.41) is 0. The Morgan fingerprint density at radius 1 is 1.50 bits per heavy atom. The van der Waals surface area contributed by atoms with Gasteiger partial charge in [-0.15, -0.1) is 0 Å². The molecule has 2 rings (SSSR count). The number of nitrogens with zero attached hydrogens (tertiary/aromatic N) is 1. The number of hydrogen-bond acceptors (Lipinski definition) is 2. The molecule has 0 N–H and O–H groups in total. The monoisotopic (exact) mass is 167 g/mol. The van der Waals surface area contributed by atoms with E-state index in [0.717, 1.165) is 18.4 Å². The average Bonchev–Trinajstić information content (AvgIpc) is 2.76. The quantitative estimate of drug-likeness (QED) is 0.631. The van der Waals surface area contributed by atoms with Crippen LogP contribution in [0.4, 0.5) is 0 Å². The number of carbonyl (C=O) groups is 1. The van der Waals surface area contributed by atoms with Crippen LogP contribution in [0.3, 0.4) is 0 Å². The highest BCUT2D eigenvalue weighted by Crippen LogP contribution is 2.49. The zero-order chi connectivity index (χ0) is 8.72. The van der Waals surface area contributed by atoms with Crippen LogP contribution in [0, 0.1) is 11.8 Å². The first-order valence-corrected chi connectivity index (χ1v) is 5.04. The summed E-state index contributed by atoms with van der Waals surface area (Å²) in [7, 11) is 0. The summed E-state index contributed by atoms with van der Waals surface area (Å²) in [5.41, 5.74) is 0. The average molecular weight is 167 g/mol. The molecule has 1 heterocycles. The zero-order valence-electron chi connectivity index (χ0n) is 7.92. The number of likely N-dealkylation sites (tertiary alicyclic amines) is 1. The fourth-order valence-electron chi connectivity index (χ4n) is 2.53. The lowest BCUT2D eigenvalue weighted by Gasteiger charge is -2.24. The van der Waals surface area contributed by atoms with Crippen molar-refractivity contribution in [2.24, 2.45) is 11.8 Å². The molecule has 0 radical (unpaired) electrons. The second-order valence-electron chi connectivity index (χ2n) is 4.01. The Balaban J connectivity index is 2.05. The van der Waals surface area contributed by atoms with E-state index < -0.39 is 0 Å². The van der Waals surface area contributed by atoms with E-state index in [1.165, 1.54) is 13.0 Å². The third-order valence-electron chi connectivity index (χ3n) is 3.33. The van der Waals surface area contributed by atoms with Gasteiger partial charge in [-0.2, -0.15) is 0 Å². The van der Waals surface area contributed by atoms with Crippen molar-refractivity contribution >= 4 is 5.78 Å². The molecule has 68 valence electrons. The van der Waals surface area contributed by atoms with Gasteiger partial charge in [-0.3, -0.25) is 9.69 Å². The van der Waals surface area contributed by atoms with Crippen LogP contribution < -0.4 is 0 Å². The largest absolute Gasteiger partial charge is 0.298 e. The van der Waals surface area contributed by atoms with Crippen LogP contribution in [0.5, 0.6) is 0 Å². The minimum absolute atomic E-state index is 0.296. The van der Waals surface area contributed by atoms with E-state index in [9.17, 15) is 4.79 Å². The first kappa shape index (κ1) is 8.24. The van der Waals surface area contributed by atoms with Crippen LogP contribution >= 0.6 is 0 Å². The summed E-state index contributed by atoms with van der Waals surface area (Å²) >= 11 is 0. The van der Waals surface area contributed by atoms with Crippen LogP contribution in [-0.2, 0) is 4.79 Å². The van der Waals surface area contributed by atoms with Crippen molar-refractivity contribution in [1.82, 2.24) is 4.90 Å². The lowest BCUT2D eigenvalue weighted by Crippen LogP contribution is -2.38. The molecule has 0 bridgehead atoms. The molecule has 0 spiro atoms. The molecular weight excluding hydrogens is 150 g/mol. The van der Waals surface area contributed by atoms with Gasteiger partial charge in [0.2, 0.25) is 0 Å². The summed E-state index contributed by atoms with van der Waals surface area (Å²) in [5.74, 6) is 2.06. The van der Waals surface area contributed by atoms with Gasteiger partial charge in [0, 0.05) is 13.0 Å². The molecule has 2 heteroatoms. The highest BCUT2D eigenvalue weighted by Gasteiger charge is 2.53.